The maximum absolute atomic E-state index is 9.13. The van der Waals surface area contributed by atoms with Crippen LogP contribution >= 0.6 is 0 Å². The van der Waals surface area contributed by atoms with E-state index in [-0.39, 0.29) is 12.3 Å². The highest BCUT2D eigenvalue weighted by Gasteiger charge is 2.23. The number of hydrogen-bond acceptors (Lipinski definition) is 3. The predicted octanol–water partition coefficient (Wildman–Crippen LogP) is -0.297. The minimum atomic E-state index is -0.301. The predicted molar refractivity (Wildman–Crippen MR) is 34.0 cm³/mol. The molecule has 0 unspecified atom stereocenters. The van der Waals surface area contributed by atoms with Gasteiger partial charge in [-0.05, 0) is 13.3 Å². The lowest BCUT2D eigenvalue weighted by Gasteiger charge is -2.13. The molecule has 0 aliphatic carbocycles. The van der Waals surface area contributed by atoms with E-state index in [2.05, 4.69) is 5.32 Å². The SMILES string of the molecule is CCO[C@H]1NCC[C@@H]1O. The number of rotatable bonds is 2. The Morgan fingerprint density at radius 3 is 3.00 bits per heavy atom. The minimum absolute atomic E-state index is 0.116. The van der Waals surface area contributed by atoms with Crippen LogP contribution in [0.15, 0.2) is 0 Å². The third-order valence-electron chi connectivity index (χ3n) is 1.48. The summed E-state index contributed by atoms with van der Waals surface area (Å²) >= 11 is 0. The van der Waals surface area contributed by atoms with Gasteiger partial charge in [-0.1, -0.05) is 0 Å². The van der Waals surface area contributed by atoms with Crippen LogP contribution in [0.4, 0.5) is 0 Å². The summed E-state index contributed by atoms with van der Waals surface area (Å²) in [4.78, 5) is 0. The summed E-state index contributed by atoms with van der Waals surface area (Å²) < 4.78 is 5.15. The number of nitrogens with one attached hydrogen (secondary N) is 1. The zero-order valence-corrected chi connectivity index (χ0v) is 5.63. The lowest BCUT2D eigenvalue weighted by atomic mass is 10.3. The van der Waals surface area contributed by atoms with Crippen LogP contribution in [-0.2, 0) is 4.74 Å². The van der Waals surface area contributed by atoms with Crippen LogP contribution < -0.4 is 5.32 Å². The van der Waals surface area contributed by atoms with Gasteiger partial charge in [0.15, 0.2) is 0 Å². The van der Waals surface area contributed by atoms with E-state index in [9.17, 15) is 0 Å². The van der Waals surface area contributed by atoms with Crippen molar-refractivity contribution >= 4 is 0 Å². The second-order valence-electron chi connectivity index (χ2n) is 2.19. The quantitative estimate of drug-likeness (QED) is 0.540. The fraction of sp³-hybridized carbons (Fsp3) is 1.00. The van der Waals surface area contributed by atoms with Crippen LogP contribution in [-0.4, -0.2) is 30.6 Å². The van der Waals surface area contributed by atoms with E-state index in [1.165, 1.54) is 0 Å². The molecule has 54 valence electrons. The minimum Gasteiger partial charge on any atom is -0.389 e. The largest absolute Gasteiger partial charge is 0.389 e. The van der Waals surface area contributed by atoms with Gasteiger partial charge in [0.2, 0.25) is 0 Å². The molecule has 3 heteroatoms. The van der Waals surface area contributed by atoms with Crippen LogP contribution in [0.25, 0.3) is 0 Å². The Morgan fingerprint density at radius 2 is 2.56 bits per heavy atom. The second kappa shape index (κ2) is 3.15. The summed E-state index contributed by atoms with van der Waals surface area (Å²) in [6.07, 6.45) is 0.393. The van der Waals surface area contributed by atoms with Crippen molar-refractivity contribution in [2.75, 3.05) is 13.2 Å². The van der Waals surface area contributed by atoms with Crippen molar-refractivity contribution in [3.05, 3.63) is 0 Å². The molecule has 0 aromatic carbocycles. The number of ether oxygens (including phenoxy) is 1. The van der Waals surface area contributed by atoms with Crippen LogP contribution in [0.5, 0.6) is 0 Å². The zero-order valence-electron chi connectivity index (χ0n) is 5.63. The van der Waals surface area contributed by atoms with Crippen molar-refractivity contribution in [3.63, 3.8) is 0 Å². The average molecular weight is 131 g/mol. The number of aliphatic hydroxyl groups is 1. The van der Waals surface area contributed by atoms with Gasteiger partial charge in [0.05, 0.1) is 6.10 Å². The maximum atomic E-state index is 9.13. The molecule has 2 atom stereocenters. The zero-order chi connectivity index (χ0) is 6.69. The first-order valence-corrected chi connectivity index (χ1v) is 3.37. The van der Waals surface area contributed by atoms with Crippen molar-refractivity contribution in [1.82, 2.24) is 5.32 Å². The standard InChI is InChI=1S/C6H13NO2/c1-2-9-6-5(8)3-4-7-6/h5-8H,2-4H2,1H3/t5-,6+/m0/s1. The van der Waals surface area contributed by atoms with E-state index < -0.39 is 0 Å². The van der Waals surface area contributed by atoms with E-state index in [0.29, 0.717) is 6.61 Å². The number of aliphatic hydroxyl groups excluding tert-OH is 1. The Labute approximate surface area is 55.0 Å². The summed E-state index contributed by atoms with van der Waals surface area (Å²) in [7, 11) is 0. The molecule has 0 radical (unpaired) electrons. The van der Waals surface area contributed by atoms with Gasteiger partial charge < -0.3 is 9.84 Å². The molecule has 1 fully saturated rings. The summed E-state index contributed by atoms with van der Waals surface area (Å²) in [6, 6.07) is 0. The Bertz CT molecular complexity index is 87.1. The molecule has 0 bridgehead atoms. The van der Waals surface area contributed by atoms with Crippen LogP contribution in [0.3, 0.4) is 0 Å². The van der Waals surface area contributed by atoms with Crippen LogP contribution in [0, 0.1) is 0 Å². The fourth-order valence-corrected chi connectivity index (χ4v) is 1.01. The van der Waals surface area contributed by atoms with Crippen LogP contribution in [0.1, 0.15) is 13.3 Å². The molecular formula is C6H13NO2. The smallest absolute Gasteiger partial charge is 0.134 e. The molecule has 2 N–H and O–H groups in total. The van der Waals surface area contributed by atoms with Crippen molar-refractivity contribution < 1.29 is 9.84 Å². The molecule has 1 heterocycles. The monoisotopic (exact) mass is 131 g/mol. The molecule has 1 aliphatic heterocycles. The average Bonchev–Trinajstić information content (AvgIpc) is 2.18. The molecule has 1 rings (SSSR count). The molecule has 1 saturated heterocycles. The van der Waals surface area contributed by atoms with Crippen molar-refractivity contribution in [3.8, 4) is 0 Å². The van der Waals surface area contributed by atoms with E-state index in [1.54, 1.807) is 0 Å². The third-order valence-corrected chi connectivity index (χ3v) is 1.48. The van der Waals surface area contributed by atoms with Gasteiger partial charge in [-0.25, -0.2) is 0 Å². The summed E-state index contributed by atoms with van der Waals surface area (Å²) in [5, 5.41) is 12.2. The summed E-state index contributed by atoms with van der Waals surface area (Å²) in [6.45, 7) is 3.45. The van der Waals surface area contributed by atoms with E-state index in [4.69, 9.17) is 9.84 Å². The Morgan fingerprint density at radius 1 is 1.78 bits per heavy atom. The first kappa shape index (κ1) is 6.99. The van der Waals surface area contributed by atoms with Crippen molar-refractivity contribution in [2.24, 2.45) is 0 Å². The molecule has 3 nitrogen and oxygen atoms in total. The lowest BCUT2D eigenvalue weighted by Crippen LogP contribution is -2.32. The molecule has 0 amide bonds. The van der Waals surface area contributed by atoms with E-state index >= 15 is 0 Å². The Hall–Kier alpha value is -0.120. The Kier molecular flexibility index (Phi) is 2.45. The lowest BCUT2D eigenvalue weighted by molar-refractivity contribution is -0.0245. The highest BCUT2D eigenvalue weighted by molar-refractivity contribution is 4.75. The second-order valence-corrected chi connectivity index (χ2v) is 2.19. The topological polar surface area (TPSA) is 41.5 Å². The van der Waals surface area contributed by atoms with Gasteiger partial charge in [0.1, 0.15) is 6.23 Å². The number of hydrogen-bond donors (Lipinski definition) is 2. The summed E-state index contributed by atoms with van der Waals surface area (Å²) in [5.74, 6) is 0. The molecule has 0 aromatic rings. The first-order valence-electron chi connectivity index (χ1n) is 3.37. The van der Waals surface area contributed by atoms with Crippen molar-refractivity contribution in [1.29, 1.82) is 0 Å². The highest BCUT2D eigenvalue weighted by Crippen LogP contribution is 2.06. The van der Waals surface area contributed by atoms with Gasteiger partial charge in [-0.2, -0.15) is 0 Å². The molecule has 0 aromatic heterocycles. The Balaban J connectivity index is 2.22. The van der Waals surface area contributed by atoms with Crippen molar-refractivity contribution in [2.45, 2.75) is 25.7 Å². The summed E-state index contributed by atoms with van der Waals surface area (Å²) in [5.41, 5.74) is 0. The third kappa shape index (κ3) is 1.64. The molecule has 1 aliphatic rings. The molecule has 9 heavy (non-hydrogen) atoms. The van der Waals surface area contributed by atoms with E-state index in [0.717, 1.165) is 13.0 Å². The highest BCUT2D eigenvalue weighted by atomic mass is 16.5. The maximum Gasteiger partial charge on any atom is 0.134 e. The first-order chi connectivity index (χ1) is 4.34. The normalized spacial score (nSPS) is 35.3. The fourth-order valence-electron chi connectivity index (χ4n) is 1.01. The van der Waals surface area contributed by atoms with Gasteiger partial charge >= 0.3 is 0 Å². The van der Waals surface area contributed by atoms with Gasteiger partial charge in [-0.15, -0.1) is 0 Å². The van der Waals surface area contributed by atoms with Gasteiger partial charge in [0, 0.05) is 13.2 Å². The molecule has 0 spiro atoms. The van der Waals surface area contributed by atoms with E-state index in [1.807, 2.05) is 6.92 Å². The van der Waals surface area contributed by atoms with Crippen LogP contribution in [0.2, 0.25) is 0 Å². The molecular weight excluding hydrogens is 118 g/mol. The molecule has 0 saturated carbocycles. The van der Waals surface area contributed by atoms with Gasteiger partial charge in [0.25, 0.3) is 0 Å². The van der Waals surface area contributed by atoms with Gasteiger partial charge in [-0.3, -0.25) is 5.32 Å².